The SMILES string of the molecule is O=C(O)c1cnc(N2CC3CCC(C2)O3)nc1. The van der Waals surface area contributed by atoms with Gasteiger partial charge in [-0.1, -0.05) is 0 Å². The molecule has 0 aliphatic carbocycles. The normalized spacial score (nSPS) is 27.2. The Morgan fingerprint density at radius 1 is 1.29 bits per heavy atom. The van der Waals surface area contributed by atoms with Crippen LogP contribution in [0, 0.1) is 0 Å². The molecule has 90 valence electrons. The van der Waals surface area contributed by atoms with E-state index in [2.05, 4.69) is 14.9 Å². The third-order valence-electron chi connectivity index (χ3n) is 3.21. The van der Waals surface area contributed by atoms with Crippen molar-refractivity contribution in [2.45, 2.75) is 25.0 Å². The van der Waals surface area contributed by atoms with Crippen LogP contribution in [0.2, 0.25) is 0 Å². The zero-order valence-electron chi connectivity index (χ0n) is 9.24. The van der Waals surface area contributed by atoms with Crippen LogP contribution >= 0.6 is 0 Å². The number of rotatable bonds is 2. The van der Waals surface area contributed by atoms with Crippen LogP contribution < -0.4 is 4.90 Å². The largest absolute Gasteiger partial charge is 0.478 e. The number of aromatic nitrogens is 2. The van der Waals surface area contributed by atoms with Crippen molar-refractivity contribution >= 4 is 11.9 Å². The van der Waals surface area contributed by atoms with Crippen molar-refractivity contribution in [2.75, 3.05) is 18.0 Å². The molecule has 2 aliphatic rings. The summed E-state index contributed by atoms with van der Waals surface area (Å²) >= 11 is 0. The minimum atomic E-state index is -1.00. The van der Waals surface area contributed by atoms with E-state index >= 15 is 0 Å². The average molecular weight is 235 g/mol. The van der Waals surface area contributed by atoms with Gasteiger partial charge in [-0.15, -0.1) is 0 Å². The monoisotopic (exact) mass is 235 g/mol. The minimum Gasteiger partial charge on any atom is -0.478 e. The number of morpholine rings is 1. The summed E-state index contributed by atoms with van der Waals surface area (Å²) in [7, 11) is 0. The number of aromatic carboxylic acids is 1. The zero-order chi connectivity index (χ0) is 11.8. The molecular formula is C11H13N3O3. The fourth-order valence-electron chi connectivity index (χ4n) is 2.37. The van der Waals surface area contributed by atoms with E-state index in [0.717, 1.165) is 25.9 Å². The van der Waals surface area contributed by atoms with E-state index in [4.69, 9.17) is 9.84 Å². The summed E-state index contributed by atoms with van der Waals surface area (Å²) in [4.78, 5) is 21.0. The Balaban J connectivity index is 1.78. The first-order valence-corrected chi connectivity index (χ1v) is 5.68. The molecular weight excluding hydrogens is 222 g/mol. The number of hydrogen-bond donors (Lipinski definition) is 1. The number of nitrogens with zero attached hydrogens (tertiary/aromatic N) is 3. The van der Waals surface area contributed by atoms with E-state index in [1.54, 1.807) is 0 Å². The number of ether oxygens (including phenoxy) is 1. The highest BCUT2D eigenvalue weighted by atomic mass is 16.5. The zero-order valence-corrected chi connectivity index (χ0v) is 9.24. The number of carboxylic acid groups (broad SMARTS) is 1. The molecule has 2 atom stereocenters. The molecule has 0 saturated carbocycles. The Morgan fingerprint density at radius 2 is 1.88 bits per heavy atom. The van der Waals surface area contributed by atoms with Crippen molar-refractivity contribution in [1.29, 1.82) is 0 Å². The lowest BCUT2D eigenvalue weighted by atomic mass is 10.2. The van der Waals surface area contributed by atoms with Crippen molar-refractivity contribution in [3.05, 3.63) is 18.0 Å². The molecule has 0 aromatic carbocycles. The van der Waals surface area contributed by atoms with Crippen LogP contribution in [0.4, 0.5) is 5.95 Å². The first kappa shape index (κ1) is 10.5. The lowest BCUT2D eigenvalue weighted by molar-refractivity contribution is 0.0299. The molecule has 2 aliphatic heterocycles. The van der Waals surface area contributed by atoms with Crippen molar-refractivity contribution in [1.82, 2.24) is 9.97 Å². The summed E-state index contributed by atoms with van der Waals surface area (Å²) < 4.78 is 5.72. The van der Waals surface area contributed by atoms with Crippen LogP contribution in [0.15, 0.2) is 12.4 Å². The molecule has 0 amide bonds. The molecule has 2 saturated heterocycles. The average Bonchev–Trinajstić information content (AvgIpc) is 2.68. The fourth-order valence-corrected chi connectivity index (χ4v) is 2.37. The number of hydrogen-bond acceptors (Lipinski definition) is 5. The highest BCUT2D eigenvalue weighted by molar-refractivity contribution is 5.86. The maximum Gasteiger partial charge on any atom is 0.338 e. The standard InChI is InChI=1S/C11H13N3O3/c15-10(16)7-3-12-11(13-4-7)14-5-8-1-2-9(6-14)17-8/h3-4,8-9H,1-2,5-6H2,(H,15,16). The number of carboxylic acids is 1. The third kappa shape index (κ3) is 1.95. The Hall–Kier alpha value is -1.69. The van der Waals surface area contributed by atoms with Crippen molar-refractivity contribution in [2.24, 2.45) is 0 Å². The predicted molar refractivity (Wildman–Crippen MR) is 59.1 cm³/mol. The maximum absolute atomic E-state index is 10.7. The minimum absolute atomic E-state index is 0.116. The van der Waals surface area contributed by atoms with E-state index in [9.17, 15) is 4.79 Å². The Bertz CT molecular complexity index is 422. The van der Waals surface area contributed by atoms with E-state index in [0.29, 0.717) is 5.95 Å². The second-order valence-corrected chi connectivity index (χ2v) is 4.44. The van der Waals surface area contributed by atoms with Crippen molar-refractivity contribution in [3.8, 4) is 0 Å². The second-order valence-electron chi connectivity index (χ2n) is 4.44. The topological polar surface area (TPSA) is 75.5 Å². The first-order chi connectivity index (χ1) is 8.22. The van der Waals surface area contributed by atoms with Gasteiger partial charge in [-0.2, -0.15) is 0 Å². The van der Waals surface area contributed by atoms with Crippen LogP contribution in [0.25, 0.3) is 0 Å². The smallest absolute Gasteiger partial charge is 0.338 e. The maximum atomic E-state index is 10.7. The summed E-state index contributed by atoms with van der Waals surface area (Å²) in [6.45, 7) is 1.59. The molecule has 2 fully saturated rings. The summed E-state index contributed by atoms with van der Waals surface area (Å²) in [5, 5.41) is 8.77. The summed E-state index contributed by atoms with van der Waals surface area (Å²) in [5.74, 6) is -0.409. The van der Waals surface area contributed by atoms with Gasteiger partial charge in [0.2, 0.25) is 5.95 Å². The van der Waals surface area contributed by atoms with Gasteiger partial charge in [0.25, 0.3) is 0 Å². The molecule has 2 unspecified atom stereocenters. The summed E-state index contributed by atoms with van der Waals surface area (Å²) in [6, 6.07) is 0. The van der Waals surface area contributed by atoms with E-state index in [1.807, 2.05) is 0 Å². The van der Waals surface area contributed by atoms with Crippen molar-refractivity contribution in [3.63, 3.8) is 0 Å². The Labute approximate surface area is 98.2 Å². The van der Waals surface area contributed by atoms with Crippen LogP contribution in [0.3, 0.4) is 0 Å². The van der Waals surface area contributed by atoms with Gasteiger partial charge in [-0.05, 0) is 12.8 Å². The highest BCUT2D eigenvalue weighted by Gasteiger charge is 2.34. The molecule has 6 nitrogen and oxygen atoms in total. The van der Waals surface area contributed by atoms with Crippen LogP contribution in [0.1, 0.15) is 23.2 Å². The molecule has 6 heteroatoms. The molecule has 1 aromatic rings. The lowest BCUT2D eigenvalue weighted by Crippen LogP contribution is -2.43. The van der Waals surface area contributed by atoms with Gasteiger partial charge >= 0.3 is 5.97 Å². The van der Waals surface area contributed by atoms with Gasteiger partial charge in [0.1, 0.15) is 0 Å². The van der Waals surface area contributed by atoms with Gasteiger partial charge < -0.3 is 14.7 Å². The van der Waals surface area contributed by atoms with E-state index in [-0.39, 0.29) is 17.8 Å². The van der Waals surface area contributed by atoms with Crippen LogP contribution in [-0.4, -0.2) is 46.3 Å². The van der Waals surface area contributed by atoms with Gasteiger partial charge in [0.15, 0.2) is 0 Å². The molecule has 0 radical (unpaired) electrons. The predicted octanol–water partition coefficient (Wildman–Crippen LogP) is 0.542. The molecule has 3 heterocycles. The molecule has 2 bridgehead atoms. The fraction of sp³-hybridized carbons (Fsp3) is 0.545. The van der Waals surface area contributed by atoms with Gasteiger partial charge in [0, 0.05) is 25.5 Å². The molecule has 17 heavy (non-hydrogen) atoms. The Morgan fingerprint density at radius 3 is 2.41 bits per heavy atom. The van der Waals surface area contributed by atoms with E-state index < -0.39 is 5.97 Å². The van der Waals surface area contributed by atoms with Gasteiger partial charge in [0.05, 0.1) is 17.8 Å². The lowest BCUT2D eigenvalue weighted by Gasteiger charge is -2.31. The van der Waals surface area contributed by atoms with Crippen LogP contribution in [0.5, 0.6) is 0 Å². The van der Waals surface area contributed by atoms with Gasteiger partial charge in [-0.3, -0.25) is 0 Å². The molecule has 3 rings (SSSR count). The van der Waals surface area contributed by atoms with Crippen LogP contribution in [-0.2, 0) is 4.74 Å². The molecule has 1 aromatic heterocycles. The van der Waals surface area contributed by atoms with Gasteiger partial charge in [-0.25, -0.2) is 14.8 Å². The molecule has 0 spiro atoms. The number of carbonyl (C=O) groups is 1. The second kappa shape index (κ2) is 3.96. The first-order valence-electron chi connectivity index (χ1n) is 5.68. The van der Waals surface area contributed by atoms with E-state index in [1.165, 1.54) is 12.4 Å². The molecule has 1 N–H and O–H groups in total. The quantitative estimate of drug-likeness (QED) is 0.806. The third-order valence-corrected chi connectivity index (χ3v) is 3.21. The number of fused-ring (bicyclic) bond motifs is 2. The number of anilines is 1. The Kier molecular flexibility index (Phi) is 2.44. The summed E-state index contributed by atoms with van der Waals surface area (Å²) in [5.41, 5.74) is 0.116. The highest BCUT2D eigenvalue weighted by Crippen LogP contribution is 2.27. The summed E-state index contributed by atoms with van der Waals surface area (Å²) in [6.07, 6.45) is 5.43. The van der Waals surface area contributed by atoms with Crippen molar-refractivity contribution < 1.29 is 14.6 Å².